The maximum Gasteiger partial charge on any atom is 0.332 e. The summed E-state index contributed by atoms with van der Waals surface area (Å²) in [4.78, 5) is 25.2. The van der Waals surface area contributed by atoms with Gasteiger partial charge in [-0.05, 0) is 30.7 Å². The monoisotopic (exact) mass is 257 g/mol. The van der Waals surface area contributed by atoms with Gasteiger partial charge in [-0.3, -0.25) is 14.3 Å². The van der Waals surface area contributed by atoms with Crippen molar-refractivity contribution < 1.29 is 4.74 Å². The second-order valence-corrected chi connectivity index (χ2v) is 3.94. The van der Waals surface area contributed by atoms with Crippen LogP contribution in [0.4, 0.5) is 0 Å². The molecule has 0 saturated carbocycles. The van der Waals surface area contributed by atoms with Crippen molar-refractivity contribution in [1.29, 1.82) is 5.26 Å². The summed E-state index contributed by atoms with van der Waals surface area (Å²) in [6, 6.07) is 6.87. The van der Waals surface area contributed by atoms with Gasteiger partial charge in [0, 0.05) is 6.20 Å². The van der Waals surface area contributed by atoms with Crippen LogP contribution >= 0.6 is 0 Å². The molecule has 0 saturated heterocycles. The first-order valence-corrected chi connectivity index (χ1v) is 5.48. The van der Waals surface area contributed by atoms with E-state index in [1.54, 1.807) is 31.4 Å². The lowest BCUT2D eigenvalue weighted by molar-refractivity contribution is 0.411. The SMILES string of the molecule is COc1ccc(-n2cc(C#N)c(=O)[nH]c2=O)cc1C. The molecule has 19 heavy (non-hydrogen) atoms. The van der Waals surface area contributed by atoms with E-state index in [0.29, 0.717) is 11.4 Å². The van der Waals surface area contributed by atoms with Crippen LogP contribution in [0.2, 0.25) is 0 Å². The Hall–Kier alpha value is -2.81. The lowest BCUT2D eigenvalue weighted by atomic mass is 10.2. The van der Waals surface area contributed by atoms with E-state index in [2.05, 4.69) is 4.98 Å². The van der Waals surface area contributed by atoms with E-state index in [0.717, 1.165) is 5.56 Å². The van der Waals surface area contributed by atoms with Gasteiger partial charge in [-0.1, -0.05) is 0 Å². The fourth-order valence-corrected chi connectivity index (χ4v) is 1.75. The normalized spacial score (nSPS) is 9.95. The molecule has 0 atom stereocenters. The zero-order chi connectivity index (χ0) is 14.0. The van der Waals surface area contributed by atoms with Gasteiger partial charge in [0.05, 0.1) is 12.8 Å². The Labute approximate surface area is 108 Å². The van der Waals surface area contributed by atoms with Crippen LogP contribution in [0.1, 0.15) is 11.1 Å². The van der Waals surface area contributed by atoms with Crippen molar-refractivity contribution in [3.05, 3.63) is 56.4 Å². The topological polar surface area (TPSA) is 87.9 Å². The van der Waals surface area contributed by atoms with Crippen LogP contribution in [0.3, 0.4) is 0 Å². The van der Waals surface area contributed by atoms with E-state index >= 15 is 0 Å². The molecule has 0 amide bonds. The molecule has 0 fully saturated rings. The fourth-order valence-electron chi connectivity index (χ4n) is 1.75. The van der Waals surface area contributed by atoms with Crippen LogP contribution in [0, 0.1) is 18.3 Å². The zero-order valence-corrected chi connectivity index (χ0v) is 10.4. The number of hydrogen-bond donors (Lipinski definition) is 1. The summed E-state index contributed by atoms with van der Waals surface area (Å²) >= 11 is 0. The number of ether oxygens (including phenoxy) is 1. The molecule has 96 valence electrons. The summed E-state index contributed by atoms with van der Waals surface area (Å²) in [7, 11) is 1.56. The van der Waals surface area contributed by atoms with Gasteiger partial charge in [-0.2, -0.15) is 5.26 Å². The number of nitrogens with one attached hydrogen (secondary N) is 1. The predicted octanol–water partition coefficient (Wildman–Crippen LogP) is 0.714. The average Bonchev–Trinajstić information content (AvgIpc) is 2.39. The molecule has 1 heterocycles. The Morgan fingerprint density at radius 3 is 2.68 bits per heavy atom. The maximum atomic E-state index is 11.7. The highest BCUT2D eigenvalue weighted by Crippen LogP contribution is 2.19. The smallest absolute Gasteiger partial charge is 0.332 e. The van der Waals surface area contributed by atoms with Crippen molar-refractivity contribution in [3.8, 4) is 17.5 Å². The molecule has 1 N–H and O–H groups in total. The van der Waals surface area contributed by atoms with Crippen LogP contribution in [0.5, 0.6) is 5.75 Å². The van der Waals surface area contributed by atoms with E-state index in [4.69, 9.17) is 10.00 Å². The summed E-state index contributed by atoms with van der Waals surface area (Å²) in [6.45, 7) is 1.84. The number of aryl methyl sites for hydroxylation is 1. The predicted molar refractivity (Wildman–Crippen MR) is 68.7 cm³/mol. The van der Waals surface area contributed by atoms with Crippen LogP contribution in [0.15, 0.2) is 34.0 Å². The Kier molecular flexibility index (Phi) is 3.21. The summed E-state index contributed by atoms with van der Waals surface area (Å²) in [5, 5.41) is 8.81. The van der Waals surface area contributed by atoms with Crippen molar-refractivity contribution in [2.75, 3.05) is 7.11 Å². The van der Waals surface area contributed by atoms with Crippen molar-refractivity contribution in [2.24, 2.45) is 0 Å². The largest absolute Gasteiger partial charge is 0.496 e. The van der Waals surface area contributed by atoms with Crippen LogP contribution < -0.4 is 16.0 Å². The van der Waals surface area contributed by atoms with E-state index in [9.17, 15) is 9.59 Å². The van der Waals surface area contributed by atoms with Gasteiger partial charge in [0.15, 0.2) is 0 Å². The first-order chi connectivity index (χ1) is 9.06. The molecule has 0 aliphatic carbocycles. The molecule has 0 aliphatic heterocycles. The average molecular weight is 257 g/mol. The number of hydrogen-bond acceptors (Lipinski definition) is 4. The van der Waals surface area contributed by atoms with E-state index in [1.165, 1.54) is 10.8 Å². The third kappa shape index (κ3) is 2.26. The summed E-state index contributed by atoms with van der Waals surface area (Å²) in [6.07, 6.45) is 1.22. The van der Waals surface area contributed by atoms with Crippen LogP contribution in [-0.4, -0.2) is 16.7 Å². The molecule has 6 heteroatoms. The molecular formula is C13H11N3O3. The van der Waals surface area contributed by atoms with E-state index < -0.39 is 11.2 Å². The minimum absolute atomic E-state index is 0.118. The maximum absolute atomic E-state index is 11.7. The molecule has 2 aromatic rings. The lowest BCUT2D eigenvalue weighted by Gasteiger charge is -2.09. The summed E-state index contributed by atoms with van der Waals surface area (Å²) in [5.41, 5.74) is 0.00304. The molecule has 0 aliphatic rings. The molecule has 0 radical (unpaired) electrons. The van der Waals surface area contributed by atoms with Gasteiger partial charge in [0.2, 0.25) is 0 Å². The second-order valence-electron chi connectivity index (χ2n) is 3.94. The molecule has 0 spiro atoms. The van der Waals surface area contributed by atoms with Gasteiger partial charge in [0.1, 0.15) is 17.4 Å². The van der Waals surface area contributed by atoms with Crippen LogP contribution in [0.25, 0.3) is 5.69 Å². The minimum Gasteiger partial charge on any atom is -0.496 e. The number of methoxy groups -OCH3 is 1. The van der Waals surface area contributed by atoms with E-state index in [1.807, 2.05) is 6.92 Å². The number of nitrogens with zero attached hydrogens (tertiary/aromatic N) is 2. The standard InChI is InChI=1S/C13H11N3O3/c1-8-5-10(3-4-11(8)19-2)16-7-9(6-14)12(17)15-13(16)18/h3-5,7H,1-2H3,(H,15,17,18). The fraction of sp³-hybridized carbons (Fsp3) is 0.154. The molecule has 1 aromatic heterocycles. The Bertz CT molecular complexity index is 781. The molecule has 2 rings (SSSR count). The van der Waals surface area contributed by atoms with Gasteiger partial charge in [-0.25, -0.2) is 4.79 Å². The first kappa shape index (κ1) is 12.6. The summed E-state index contributed by atoms with van der Waals surface area (Å²) < 4.78 is 6.35. The quantitative estimate of drug-likeness (QED) is 0.858. The van der Waals surface area contributed by atoms with Gasteiger partial charge >= 0.3 is 5.69 Å². The number of aromatic amines is 1. The molecule has 0 bridgehead atoms. The van der Waals surface area contributed by atoms with Gasteiger partial charge in [0.25, 0.3) is 5.56 Å². The Morgan fingerprint density at radius 2 is 2.11 bits per heavy atom. The number of benzene rings is 1. The van der Waals surface area contributed by atoms with Gasteiger partial charge in [-0.15, -0.1) is 0 Å². The number of H-pyrrole nitrogens is 1. The van der Waals surface area contributed by atoms with Crippen LogP contribution in [-0.2, 0) is 0 Å². The number of rotatable bonds is 2. The van der Waals surface area contributed by atoms with Crippen molar-refractivity contribution in [2.45, 2.75) is 6.92 Å². The molecule has 0 unspecified atom stereocenters. The highest BCUT2D eigenvalue weighted by atomic mass is 16.5. The zero-order valence-electron chi connectivity index (χ0n) is 10.4. The Morgan fingerprint density at radius 1 is 1.37 bits per heavy atom. The van der Waals surface area contributed by atoms with Crippen molar-refractivity contribution in [3.63, 3.8) is 0 Å². The first-order valence-electron chi connectivity index (χ1n) is 5.48. The highest BCUT2D eigenvalue weighted by Gasteiger charge is 2.07. The number of nitriles is 1. The summed E-state index contributed by atoms with van der Waals surface area (Å²) in [5.74, 6) is 0.696. The van der Waals surface area contributed by atoms with Crippen molar-refractivity contribution >= 4 is 0 Å². The molecule has 1 aromatic carbocycles. The third-order valence-electron chi connectivity index (χ3n) is 2.72. The molecular weight excluding hydrogens is 246 g/mol. The minimum atomic E-state index is -0.686. The van der Waals surface area contributed by atoms with Gasteiger partial charge < -0.3 is 4.74 Å². The third-order valence-corrected chi connectivity index (χ3v) is 2.72. The lowest BCUT2D eigenvalue weighted by Crippen LogP contribution is -2.30. The van der Waals surface area contributed by atoms with E-state index in [-0.39, 0.29) is 5.56 Å². The Balaban J connectivity index is 2.66. The second kappa shape index (κ2) is 4.82. The number of aromatic nitrogens is 2. The molecule has 6 nitrogen and oxygen atoms in total. The highest BCUT2D eigenvalue weighted by molar-refractivity contribution is 5.44. The van der Waals surface area contributed by atoms with Crippen molar-refractivity contribution in [1.82, 2.24) is 9.55 Å².